The number of furan rings is 1. The third-order valence-electron chi connectivity index (χ3n) is 6.34. The number of hydrogen-bond acceptors (Lipinski definition) is 5. The Kier molecular flexibility index (Phi) is 6.25. The summed E-state index contributed by atoms with van der Waals surface area (Å²) in [5, 5.41) is 13.7. The molecule has 166 valence electrons. The first kappa shape index (κ1) is 22.6. The van der Waals surface area contributed by atoms with Gasteiger partial charge in [-0.2, -0.15) is 0 Å². The summed E-state index contributed by atoms with van der Waals surface area (Å²) >= 11 is 0. The first-order chi connectivity index (χ1) is 14.6. The molecule has 0 aliphatic carbocycles. The molecular formula is C24H29NO6. The number of carbonyl (C=O) groups is 2. The van der Waals surface area contributed by atoms with E-state index in [0.29, 0.717) is 23.2 Å². The van der Waals surface area contributed by atoms with Crippen molar-refractivity contribution in [3.8, 4) is 0 Å². The summed E-state index contributed by atoms with van der Waals surface area (Å²) in [6.45, 7) is 11.3. The number of carboxylic acids is 1. The van der Waals surface area contributed by atoms with Crippen molar-refractivity contribution in [2.24, 2.45) is 5.92 Å². The summed E-state index contributed by atoms with van der Waals surface area (Å²) in [4.78, 5) is 36.5. The molecule has 0 radical (unpaired) electrons. The largest absolute Gasteiger partial charge is 0.480 e. The minimum atomic E-state index is -1.06. The number of rotatable bonds is 7. The lowest BCUT2D eigenvalue weighted by Crippen LogP contribution is -2.45. The second-order valence-electron chi connectivity index (χ2n) is 8.30. The molecule has 2 heterocycles. The van der Waals surface area contributed by atoms with E-state index in [4.69, 9.17) is 8.83 Å². The Morgan fingerprint density at radius 1 is 1.03 bits per heavy atom. The van der Waals surface area contributed by atoms with Gasteiger partial charge in [-0.3, -0.25) is 4.79 Å². The van der Waals surface area contributed by atoms with Crippen molar-refractivity contribution in [3.05, 3.63) is 44.5 Å². The van der Waals surface area contributed by atoms with Gasteiger partial charge in [-0.05, 0) is 57.2 Å². The number of carbonyl (C=O) groups excluding carboxylic acids is 1. The van der Waals surface area contributed by atoms with Crippen LogP contribution in [0, 0.1) is 33.6 Å². The maximum absolute atomic E-state index is 12.7. The number of amides is 1. The lowest BCUT2D eigenvalue weighted by atomic mass is 9.97. The zero-order chi connectivity index (χ0) is 23.0. The van der Waals surface area contributed by atoms with E-state index in [0.717, 1.165) is 33.2 Å². The molecule has 7 nitrogen and oxygen atoms in total. The highest BCUT2D eigenvalue weighted by Gasteiger charge is 2.25. The van der Waals surface area contributed by atoms with E-state index in [-0.39, 0.29) is 18.8 Å². The van der Waals surface area contributed by atoms with Crippen LogP contribution in [0.3, 0.4) is 0 Å². The first-order valence-corrected chi connectivity index (χ1v) is 10.5. The Labute approximate surface area is 180 Å². The van der Waals surface area contributed by atoms with Crippen LogP contribution in [0.25, 0.3) is 21.9 Å². The molecule has 1 amide bonds. The predicted molar refractivity (Wildman–Crippen MR) is 119 cm³/mol. The van der Waals surface area contributed by atoms with Crippen LogP contribution in [-0.4, -0.2) is 23.0 Å². The Hall–Kier alpha value is -3.09. The Bertz CT molecular complexity index is 1230. The van der Waals surface area contributed by atoms with Crippen molar-refractivity contribution >= 4 is 33.8 Å². The number of nitrogens with one attached hydrogen (secondary N) is 1. The molecule has 3 rings (SSSR count). The van der Waals surface area contributed by atoms with Crippen molar-refractivity contribution in [1.82, 2.24) is 5.32 Å². The molecular weight excluding hydrogens is 398 g/mol. The van der Waals surface area contributed by atoms with Gasteiger partial charge in [-0.25, -0.2) is 9.59 Å². The summed E-state index contributed by atoms with van der Waals surface area (Å²) in [5.41, 5.74) is 3.70. The number of fused-ring (bicyclic) bond motifs is 2. The molecule has 0 saturated heterocycles. The standard InChI is InChI=1S/C24H29NO6/c1-7-11(2)20(23(27)28)25-19(26)9-8-16-13(4)18-10-17-12(3)15(6)30-21(17)14(5)22(18)31-24(16)29/h10-11,20H,7-9H2,1-6H3,(H,25,26)(H,27,28). The lowest BCUT2D eigenvalue weighted by Gasteiger charge is -2.20. The fourth-order valence-corrected chi connectivity index (χ4v) is 3.95. The summed E-state index contributed by atoms with van der Waals surface area (Å²) < 4.78 is 11.5. The van der Waals surface area contributed by atoms with Crippen molar-refractivity contribution in [1.29, 1.82) is 0 Å². The number of aryl methyl sites for hydroxylation is 4. The van der Waals surface area contributed by atoms with Gasteiger partial charge in [0.2, 0.25) is 5.91 Å². The average Bonchev–Trinajstić information content (AvgIpc) is 3.00. The molecule has 2 aromatic heterocycles. The van der Waals surface area contributed by atoms with Crippen LogP contribution in [0.1, 0.15) is 54.7 Å². The molecule has 2 atom stereocenters. The van der Waals surface area contributed by atoms with Crippen LogP contribution in [-0.2, 0) is 16.0 Å². The predicted octanol–water partition coefficient (Wildman–Crippen LogP) is 4.32. The van der Waals surface area contributed by atoms with Gasteiger partial charge in [0.1, 0.15) is 23.0 Å². The van der Waals surface area contributed by atoms with Gasteiger partial charge in [0.25, 0.3) is 0 Å². The second-order valence-corrected chi connectivity index (χ2v) is 8.30. The second kappa shape index (κ2) is 8.57. The van der Waals surface area contributed by atoms with Gasteiger partial charge < -0.3 is 19.3 Å². The molecule has 3 aromatic rings. The van der Waals surface area contributed by atoms with E-state index in [1.807, 2.05) is 40.7 Å². The lowest BCUT2D eigenvalue weighted by molar-refractivity contribution is -0.143. The zero-order valence-electron chi connectivity index (χ0n) is 18.8. The topological polar surface area (TPSA) is 110 Å². The average molecular weight is 427 g/mol. The molecule has 0 saturated carbocycles. The zero-order valence-corrected chi connectivity index (χ0v) is 18.8. The molecule has 0 fully saturated rings. The molecule has 2 N–H and O–H groups in total. The molecule has 0 bridgehead atoms. The molecule has 1 aromatic carbocycles. The van der Waals surface area contributed by atoms with Gasteiger partial charge in [-0.1, -0.05) is 20.3 Å². The highest BCUT2D eigenvalue weighted by atomic mass is 16.4. The Morgan fingerprint density at radius 2 is 1.65 bits per heavy atom. The number of benzene rings is 1. The van der Waals surface area contributed by atoms with Crippen molar-refractivity contribution in [2.45, 2.75) is 66.8 Å². The van der Waals surface area contributed by atoms with E-state index >= 15 is 0 Å². The summed E-state index contributed by atoms with van der Waals surface area (Å²) in [6.07, 6.45) is 0.803. The maximum atomic E-state index is 12.7. The Balaban J connectivity index is 1.93. The summed E-state index contributed by atoms with van der Waals surface area (Å²) in [6, 6.07) is 1.02. The van der Waals surface area contributed by atoms with Crippen LogP contribution in [0.15, 0.2) is 19.7 Å². The molecule has 0 spiro atoms. The van der Waals surface area contributed by atoms with E-state index < -0.39 is 23.5 Å². The smallest absolute Gasteiger partial charge is 0.339 e. The normalized spacial score (nSPS) is 13.5. The van der Waals surface area contributed by atoms with Crippen LogP contribution in [0.5, 0.6) is 0 Å². The first-order valence-electron chi connectivity index (χ1n) is 10.5. The third-order valence-corrected chi connectivity index (χ3v) is 6.34. The maximum Gasteiger partial charge on any atom is 0.339 e. The monoisotopic (exact) mass is 427 g/mol. The van der Waals surface area contributed by atoms with E-state index in [2.05, 4.69) is 5.32 Å². The molecule has 0 aliphatic rings. The van der Waals surface area contributed by atoms with Crippen LogP contribution in [0.2, 0.25) is 0 Å². The van der Waals surface area contributed by atoms with Gasteiger partial charge in [0.05, 0.1) is 0 Å². The molecule has 31 heavy (non-hydrogen) atoms. The van der Waals surface area contributed by atoms with Crippen LogP contribution >= 0.6 is 0 Å². The van der Waals surface area contributed by atoms with Crippen molar-refractivity contribution in [3.63, 3.8) is 0 Å². The minimum absolute atomic E-state index is 0.00237. The summed E-state index contributed by atoms with van der Waals surface area (Å²) in [5.74, 6) is -0.838. The van der Waals surface area contributed by atoms with Crippen molar-refractivity contribution in [2.75, 3.05) is 0 Å². The van der Waals surface area contributed by atoms with Gasteiger partial charge >= 0.3 is 11.6 Å². The fourth-order valence-electron chi connectivity index (χ4n) is 3.95. The number of carboxylic acid groups (broad SMARTS) is 1. The van der Waals surface area contributed by atoms with Gasteiger partial charge in [0.15, 0.2) is 0 Å². The molecule has 0 aliphatic heterocycles. The van der Waals surface area contributed by atoms with Crippen molar-refractivity contribution < 1.29 is 23.5 Å². The Morgan fingerprint density at radius 3 is 2.26 bits per heavy atom. The van der Waals surface area contributed by atoms with Crippen LogP contribution in [0.4, 0.5) is 0 Å². The quantitative estimate of drug-likeness (QED) is 0.544. The van der Waals surface area contributed by atoms with Gasteiger partial charge in [-0.15, -0.1) is 0 Å². The van der Waals surface area contributed by atoms with E-state index in [9.17, 15) is 19.5 Å². The SMILES string of the molecule is CCC(C)C(NC(=O)CCc1c(C)c2cc3c(C)c(C)oc3c(C)c2oc1=O)C(=O)O. The minimum Gasteiger partial charge on any atom is -0.480 e. The number of aliphatic carboxylic acids is 1. The van der Waals surface area contributed by atoms with E-state index in [1.54, 1.807) is 6.92 Å². The molecule has 7 heteroatoms. The van der Waals surface area contributed by atoms with Crippen LogP contribution < -0.4 is 10.9 Å². The highest BCUT2D eigenvalue weighted by molar-refractivity contribution is 6.00. The molecule has 2 unspecified atom stereocenters. The fraction of sp³-hybridized carbons (Fsp3) is 0.458. The van der Waals surface area contributed by atoms with E-state index in [1.165, 1.54) is 0 Å². The van der Waals surface area contributed by atoms with Gasteiger partial charge in [0, 0.05) is 28.3 Å². The summed E-state index contributed by atoms with van der Waals surface area (Å²) in [7, 11) is 0. The highest BCUT2D eigenvalue weighted by Crippen LogP contribution is 2.34. The number of hydrogen-bond donors (Lipinski definition) is 2. The third kappa shape index (κ3) is 4.09.